The van der Waals surface area contributed by atoms with Gasteiger partial charge in [0.25, 0.3) is 0 Å². The van der Waals surface area contributed by atoms with E-state index in [-0.39, 0.29) is 54.0 Å². The van der Waals surface area contributed by atoms with E-state index in [1.165, 1.54) is 0 Å². The number of fused-ring (bicyclic) bond motifs is 2. The molecule has 0 bridgehead atoms. The first-order valence-corrected chi connectivity index (χ1v) is 15.3. The summed E-state index contributed by atoms with van der Waals surface area (Å²) in [5, 5.41) is 20.6. The summed E-state index contributed by atoms with van der Waals surface area (Å²) in [7, 11) is 0. The van der Waals surface area contributed by atoms with E-state index in [0.717, 1.165) is 72.9 Å². The van der Waals surface area contributed by atoms with Gasteiger partial charge in [-0.3, -0.25) is 9.59 Å². The van der Waals surface area contributed by atoms with E-state index in [0.29, 0.717) is 17.9 Å². The van der Waals surface area contributed by atoms with E-state index < -0.39 is 0 Å². The van der Waals surface area contributed by atoms with Crippen LogP contribution in [-0.2, 0) is 22.4 Å². The molecule has 3 aromatic rings. The number of carbonyl (C=O) groups excluding carboxylic acids is 2. The Bertz CT molecular complexity index is 1510. The molecule has 0 amide bonds. The highest BCUT2D eigenvalue weighted by atomic mass is 16.5. The highest BCUT2D eigenvalue weighted by Gasteiger charge is 2.34. The van der Waals surface area contributed by atoms with Crippen LogP contribution in [0.2, 0.25) is 0 Å². The molecule has 6 nitrogen and oxygen atoms in total. The van der Waals surface area contributed by atoms with Gasteiger partial charge in [0, 0.05) is 29.8 Å². The summed E-state index contributed by atoms with van der Waals surface area (Å²) in [5.74, 6) is 0.660. The summed E-state index contributed by atoms with van der Waals surface area (Å²) >= 11 is 0. The minimum absolute atomic E-state index is 0.0200. The fourth-order valence-corrected chi connectivity index (χ4v) is 6.88. The van der Waals surface area contributed by atoms with Gasteiger partial charge in [0.1, 0.15) is 17.3 Å². The topological polar surface area (TPSA) is 99.6 Å². The van der Waals surface area contributed by atoms with Crippen molar-refractivity contribution in [3.63, 3.8) is 0 Å². The Morgan fingerprint density at radius 2 is 1.81 bits per heavy atom. The summed E-state index contributed by atoms with van der Waals surface area (Å²) in [5.41, 5.74) is 5.09. The molecular formula is C36H39NO5. The van der Waals surface area contributed by atoms with Crippen molar-refractivity contribution in [2.45, 2.75) is 76.2 Å². The van der Waals surface area contributed by atoms with Crippen molar-refractivity contribution >= 4 is 23.7 Å². The van der Waals surface area contributed by atoms with Crippen molar-refractivity contribution in [2.75, 3.05) is 0 Å². The number of phenols is 2. The highest BCUT2D eigenvalue weighted by Crippen LogP contribution is 2.42. The number of allylic oxidation sites excluding steroid dienone is 2. The van der Waals surface area contributed by atoms with Gasteiger partial charge in [0.05, 0.1) is 12.5 Å². The van der Waals surface area contributed by atoms with Gasteiger partial charge in [-0.05, 0) is 110 Å². The van der Waals surface area contributed by atoms with Crippen molar-refractivity contribution in [1.29, 1.82) is 0 Å². The summed E-state index contributed by atoms with van der Waals surface area (Å²) in [4.78, 5) is 29.9. The predicted molar refractivity (Wildman–Crippen MR) is 164 cm³/mol. The number of aromatic hydroxyl groups is 2. The van der Waals surface area contributed by atoms with Gasteiger partial charge in [-0.2, -0.15) is 0 Å². The van der Waals surface area contributed by atoms with Crippen LogP contribution in [0.25, 0.3) is 12.2 Å². The standard InChI is InChI=1S/C36H39NO5/c38-26(13-9-24-11-17-34(40)36(21-24)42-27-5-1-2-6-27)22-35(41)30-15-16-32-29(18-19-37-32)31(30)20-23-8-12-25-4-3-7-33(39)28(25)14-10-23/h3-4,7,10-11,14-19,21,23,27,30-31,37,39-40H,1-2,5-6,8-9,12-13,20,22H2/t23-,30+,31+/m0/s1. The fraction of sp³-hybridized carbons (Fsp3) is 0.389. The Hall–Kier alpha value is -4.06. The van der Waals surface area contributed by atoms with E-state index in [4.69, 9.17) is 4.74 Å². The number of aromatic amines is 1. The molecule has 0 unspecified atom stereocenters. The number of hydrogen-bond acceptors (Lipinski definition) is 5. The van der Waals surface area contributed by atoms with E-state index in [1.54, 1.807) is 12.1 Å². The zero-order chi connectivity index (χ0) is 29.1. The average molecular weight is 566 g/mol. The first-order chi connectivity index (χ1) is 20.4. The van der Waals surface area contributed by atoms with Crippen molar-refractivity contribution in [1.82, 2.24) is 4.98 Å². The molecule has 6 rings (SSSR count). The number of ether oxygens (including phenoxy) is 1. The van der Waals surface area contributed by atoms with E-state index in [1.807, 2.05) is 42.6 Å². The number of benzene rings is 2. The number of rotatable bonds is 10. The predicted octanol–water partition coefficient (Wildman–Crippen LogP) is 7.30. The van der Waals surface area contributed by atoms with Gasteiger partial charge in [0.15, 0.2) is 11.5 Å². The first-order valence-electron chi connectivity index (χ1n) is 15.3. The molecule has 0 aliphatic heterocycles. The summed E-state index contributed by atoms with van der Waals surface area (Å²) in [6.45, 7) is 0. The van der Waals surface area contributed by atoms with Gasteiger partial charge < -0.3 is 19.9 Å². The monoisotopic (exact) mass is 565 g/mol. The molecule has 42 heavy (non-hydrogen) atoms. The zero-order valence-corrected chi connectivity index (χ0v) is 23.9. The summed E-state index contributed by atoms with van der Waals surface area (Å²) in [6, 6.07) is 13.0. The third kappa shape index (κ3) is 6.23. The van der Waals surface area contributed by atoms with Crippen LogP contribution in [0, 0.1) is 11.8 Å². The van der Waals surface area contributed by atoms with Crippen LogP contribution in [0.15, 0.2) is 60.8 Å². The number of aromatic nitrogens is 1. The number of Topliss-reactive ketones (excluding diaryl/α,β-unsaturated/α-hetero) is 2. The van der Waals surface area contributed by atoms with Gasteiger partial charge in [-0.25, -0.2) is 0 Å². The van der Waals surface area contributed by atoms with Crippen LogP contribution in [-0.4, -0.2) is 32.9 Å². The Morgan fingerprint density at radius 3 is 2.67 bits per heavy atom. The molecule has 1 fully saturated rings. The average Bonchev–Trinajstić information content (AvgIpc) is 3.63. The molecule has 3 aliphatic carbocycles. The smallest absolute Gasteiger partial charge is 0.161 e. The van der Waals surface area contributed by atoms with E-state index in [9.17, 15) is 19.8 Å². The number of ketones is 2. The second kappa shape index (κ2) is 12.4. The lowest BCUT2D eigenvalue weighted by Gasteiger charge is -2.29. The molecule has 1 heterocycles. The minimum atomic E-state index is -0.357. The molecule has 0 radical (unpaired) electrons. The number of phenolic OH excluding ortho intramolecular Hbond substituents is 2. The Morgan fingerprint density at radius 1 is 0.952 bits per heavy atom. The Kier molecular flexibility index (Phi) is 8.31. The van der Waals surface area contributed by atoms with Crippen molar-refractivity contribution < 1.29 is 24.5 Å². The number of hydrogen-bond donors (Lipinski definition) is 3. The van der Waals surface area contributed by atoms with Gasteiger partial charge in [-0.1, -0.05) is 36.4 Å². The Labute approximate surface area is 247 Å². The maximum atomic E-state index is 13.6. The Balaban J connectivity index is 1.09. The lowest BCUT2D eigenvalue weighted by Crippen LogP contribution is -2.26. The van der Waals surface area contributed by atoms with Crippen molar-refractivity contribution in [2.24, 2.45) is 11.8 Å². The molecule has 3 aliphatic rings. The van der Waals surface area contributed by atoms with Gasteiger partial charge in [0.2, 0.25) is 0 Å². The summed E-state index contributed by atoms with van der Waals surface area (Å²) < 4.78 is 6.01. The maximum absolute atomic E-state index is 13.6. The van der Waals surface area contributed by atoms with E-state index >= 15 is 0 Å². The molecule has 0 saturated heterocycles. The molecule has 6 heteroatoms. The largest absolute Gasteiger partial charge is 0.507 e. The first kappa shape index (κ1) is 28.1. The lowest BCUT2D eigenvalue weighted by molar-refractivity contribution is -0.128. The molecule has 1 saturated carbocycles. The van der Waals surface area contributed by atoms with Gasteiger partial charge in [-0.15, -0.1) is 0 Å². The van der Waals surface area contributed by atoms with Crippen LogP contribution in [0.1, 0.15) is 85.2 Å². The molecule has 1 aromatic heterocycles. The number of H-pyrrole nitrogens is 1. The maximum Gasteiger partial charge on any atom is 0.161 e. The molecular weight excluding hydrogens is 526 g/mol. The van der Waals surface area contributed by atoms with E-state index in [2.05, 4.69) is 23.2 Å². The number of carbonyl (C=O) groups is 2. The van der Waals surface area contributed by atoms with Crippen LogP contribution >= 0.6 is 0 Å². The lowest BCUT2D eigenvalue weighted by atomic mass is 9.73. The van der Waals surface area contributed by atoms with Crippen LogP contribution in [0.3, 0.4) is 0 Å². The molecule has 2 aromatic carbocycles. The molecule has 218 valence electrons. The van der Waals surface area contributed by atoms with Crippen LogP contribution in [0.5, 0.6) is 17.2 Å². The molecule has 0 spiro atoms. The normalized spacial score (nSPS) is 21.5. The second-order valence-electron chi connectivity index (χ2n) is 12.1. The zero-order valence-electron chi connectivity index (χ0n) is 23.9. The van der Waals surface area contributed by atoms with Crippen molar-refractivity contribution in [3.8, 4) is 17.2 Å². The van der Waals surface area contributed by atoms with Crippen LogP contribution in [0.4, 0.5) is 0 Å². The number of aryl methyl sites for hydroxylation is 2. The van der Waals surface area contributed by atoms with Crippen LogP contribution < -0.4 is 4.74 Å². The molecule has 3 atom stereocenters. The molecule has 3 N–H and O–H groups in total. The third-order valence-corrected chi connectivity index (χ3v) is 9.22. The second-order valence-corrected chi connectivity index (χ2v) is 12.1. The SMILES string of the molecule is O=C(CCc1ccc(O)c(OC2CCCC2)c1)CC(=O)[C@@H]1C=Cc2[nH]ccc2[C@H]1C[C@@H]1C=Cc2c(O)cccc2CC1. The van der Waals surface area contributed by atoms with Crippen molar-refractivity contribution in [3.05, 3.63) is 88.8 Å². The number of nitrogens with one attached hydrogen (secondary N) is 1. The van der Waals surface area contributed by atoms with Gasteiger partial charge >= 0.3 is 0 Å². The summed E-state index contributed by atoms with van der Waals surface area (Å²) in [6.07, 6.45) is 17.7. The fourth-order valence-electron chi connectivity index (χ4n) is 6.88. The third-order valence-electron chi connectivity index (χ3n) is 9.22. The highest BCUT2D eigenvalue weighted by molar-refractivity contribution is 6.01. The minimum Gasteiger partial charge on any atom is -0.507 e. The quantitative estimate of drug-likeness (QED) is 0.224.